The summed E-state index contributed by atoms with van der Waals surface area (Å²) >= 11 is 0. The molecule has 2 aromatic rings. The Hall–Kier alpha value is -1.48. The quantitative estimate of drug-likeness (QED) is 0.894. The van der Waals surface area contributed by atoms with Crippen LogP contribution in [0.25, 0.3) is 10.8 Å². The number of aromatic nitrogens is 2. The fourth-order valence-electron chi connectivity index (χ4n) is 2.55. The molecule has 0 aliphatic rings. The van der Waals surface area contributed by atoms with Crippen LogP contribution in [0.1, 0.15) is 31.7 Å². The van der Waals surface area contributed by atoms with E-state index in [2.05, 4.69) is 53.6 Å². The van der Waals surface area contributed by atoms with Crippen molar-refractivity contribution in [2.45, 2.75) is 39.7 Å². The molecule has 0 aliphatic heterocycles. The van der Waals surface area contributed by atoms with Crippen molar-refractivity contribution in [2.75, 3.05) is 7.05 Å². The van der Waals surface area contributed by atoms with Gasteiger partial charge in [-0.05, 0) is 26.3 Å². The molecule has 1 N–H and O–H groups in total. The normalized spacial score (nSPS) is 13.1. The van der Waals surface area contributed by atoms with Crippen LogP contribution < -0.4 is 5.32 Å². The molecular weight excluding hydrogens is 234 g/mol. The van der Waals surface area contributed by atoms with E-state index in [1.807, 2.05) is 14.0 Å². The van der Waals surface area contributed by atoms with Crippen LogP contribution in [-0.2, 0) is 6.42 Å². The molecule has 1 atom stereocenters. The van der Waals surface area contributed by atoms with Gasteiger partial charge < -0.3 is 5.32 Å². The average Bonchev–Trinajstić information content (AvgIpc) is 2.41. The van der Waals surface area contributed by atoms with Crippen molar-refractivity contribution in [3.05, 3.63) is 35.7 Å². The summed E-state index contributed by atoms with van der Waals surface area (Å²) in [5, 5.41) is 14.6. The molecule has 0 bridgehead atoms. The Kier molecular flexibility index (Phi) is 4.48. The first kappa shape index (κ1) is 13.9. The summed E-state index contributed by atoms with van der Waals surface area (Å²) in [5.41, 5.74) is 2.10. The molecule has 1 heterocycles. The molecular formula is C16H23N3. The van der Waals surface area contributed by atoms with Gasteiger partial charge in [0, 0.05) is 23.2 Å². The van der Waals surface area contributed by atoms with Crippen molar-refractivity contribution < 1.29 is 0 Å². The fraction of sp³-hybridized carbons (Fsp3) is 0.500. The monoisotopic (exact) mass is 257 g/mol. The van der Waals surface area contributed by atoms with Gasteiger partial charge in [-0.15, -0.1) is 0 Å². The van der Waals surface area contributed by atoms with E-state index in [9.17, 15) is 0 Å². The van der Waals surface area contributed by atoms with Crippen LogP contribution in [0.2, 0.25) is 0 Å². The van der Waals surface area contributed by atoms with Gasteiger partial charge >= 0.3 is 0 Å². The first-order valence-corrected chi connectivity index (χ1v) is 7.00. The maximum absolute atomic E-state index is 4.41. The number of aryl methyl sites for hydroxylation is 1. The predicted octanol–water partition coefficient (Wildman–Crippen LogP) is 3.11. The zero-order valence-electron chi connectivity index (χ0n) is 12.3. The minimum Gasteiger partial charge on any atom is -0.317 e. The summed E-state index contributed by atoms with van der Waals surface area (Å²) in [5.74, 6) is 0.683. The van der Waals surface area contributed by atoms with Crippen LogP contribution in [0.5, 0.6) is 0 Å². The second-order valence-electron chi connectivity index (χ2n) is 5.60. The standard InChI is InChI=1S/C16H23N3/c1-11(2)9-13(17-4)10-16-15-8-6-5-7-14(15)12(3)18-19-16/h5-8,11,13,17H,9-10H2,1-4H3. The number of benzene rings is 1. The van der Waals surface area contributed by atoms with Gasteiger partial charge in [0.25, 0.3) is 0 Å². The third-order valence-corrected chi connectivity index (χ3v) is 3.55. The van der Waals surface area contributed by atoms with E-state index in [0.29, 0.717) is 12.0 Å². The van der Waals surface area contributed by atoms with E-state index in [-0.39, 0.29) is 0 Å². The van der Waals surface area contributed by atoms with Crippen LogP contribution in [0.15, 0.2) is 24.3 Å². The molecule has 3 heteroatoms. The molecule has 1 aromatic heterocycles. The molecule has 0 amide bonds. The molecule has 0 aliphatic carbocycles. The third-order valence-electron chi connectivity index (χ3n) is 3.55. The Balaban J connectivity index is 2.32. The van der Waals surface area contributed by atoms with E-state index in [1.165, 1.54) is 10.8 Å². The van der Waals surface area contributed by atoms with Gasteiger partial charge in [0.1, 0.15) is 0 Å². The summed E-state index contributed by atoms with van der Waals surface area (Å²) < 4.78 is 0. The van der Waals surface area contributed by atoms with Gasteiger partial charge in [-0.2, -0.15) is 10.2 Å². The molecule has 1 aromatic carbocycles. The number of likely N-dealkylation sites (N-methyl/N-ethyl adjacent to an activating group) is 1. The summed E-state index contributed by atoms with van der Waals surface area (Å²) in [6.07, 6.45) is 2.09. The van der Waals surface area contributed by atoms with E-state index in [1.54, 1.807) is 0 Å². The second kappa shape index (κ2) is 6.11. The predicted molar refractivity (Wildman–Crippen MR) is 80.3 cm³/mol. The molecule has 0 fully saturated rings. The smallest absolute Gasteiger partial charge is 0.0725 e. The van der Waals surface area contributed by atoms with Gasteiger partial charge in [0.15, 0.2) is 0 Å². The lowest BCUT2D eigenvalue weighted by molar-refractivity contribution is 0.438. The molecule has 0 saturated heterocycles. The lowest BCUT2D eigenvalue weighted by atomic mass is 9.97. The van der Waals surface area contributed by atoms with Crippen molar-refractivity contribution in [3.8, 4) is 0 Å². The molecule has 19 heavy (non-hydrogen) atoms. The Labute approximate surface area is 115 Å². The highest BCUT2D eigenvalue weighted by atomic mass is 15.1. The zero-order chi connectivity index (χ0) is 13.8. The van der Waals surface area contributed by atoms with Gasteiger partial charge in [0.05, 0.1) is 11.4 Å². The van der Waals surface area contributed by atoms with Crippen LogP contribution in [0, 0.1) is 12.8 Å². The number of rotatable bonds is 5. The number of nitrogens with zero attached hydrogens (tertiary/aromatic N) is 2. The summed E-state index contributed by atoms with van der Waals surface area (Å²) in [6.45, 7) is 6.52. The van der Waals surface area contributed by atoms with Gasteiger partial charge in [-0.25, -0.2) is 0 Å². The Morgan fingerprint density at radius 1 is 1.11 bits per heavy atom. The lowest BCUT2D eigenvalue weighted by Crippen LogP contribution is -2.29. The molecule has 1 unspecified atom stereocenters. The Bertz CT molecular complexity index is 549. The first-order valence-electron chi connectivity index (χ1n) is 7.00. The molecule has 2 rings (SSSR count). The summed E-state index contributed by atoms with van der Waals surface area (Å²) in [7, 11) is 2.02. The van der Waals surface area contributed by atoms with Gasteiger partial charge in [-0.3, -0.25) is 0 Å². The first-order chi connectivity index (χ1) is 9.11. The lowest BCUT2D eigenvalue weighted by Gasteiger charge is -2.18. The van der Waals surface area contributed by atoms with Crippen molar-refractivity contribution >= 4 is 10.8 Å². The molecule has 102 valence electrons. The van der Waals surface area contributed by atoms with Crippen LogP contribution in [0.3, 0.4) is 0 Å². The van der Waals surface area contributed by atoms with E-state index >= 15 is 0 Å². The highest BCUT2D eigenvalue weighted by Crippen LogP contribution is 2.20. The number of nitrogens with one attached hydrogen (secondary N) is 1. The maximum atomic E-state index is 4.41. The topological polar surface area (TPSA) is 37.8 Å². The molecule has 0 saturated carbocycles. The van der Waals surface area contributed by atoms with Crippen molar-refractivity contribution in [3.63, 3.8) is 0 Å². The molecule has 3 nitrogen and oxygen atoms in total. The van der Waals surface area contributed by atoms with Crippen LogP contribution >= 0.6 is 0 Å². The SMILES string of the molecule is CNC(Cc1nnc(C)c2ccccc12)CC(C)C. The second-order valence-corrected chi connectivity index (χ2v) is 5.60. The zero-order valence-corrected chi connectivity index (χ0v) is 12.3. The fourth-order valence-corrected chi connectivity index (χ4v) is 2.55. The number of hydrogen-bond acceptors (Lipinski definition) is 3. The van der Waals surface area contributed by atoms with Gasteiger partial charge in [-0.1, -0.05) is 38.1 Å². The van der Waals surface area contributed by atoms with Gasteiger partial charge in [0.2, 0.25) is 0 Å². The largest absolute Gasteiger partial charge is 0.317 e. The van der Waals surface area contributed by atoms with E-state index < -0.39 is 0 Å². The summed E-state index contributed by atoms with van der Waals surface area (Å²) in [6, 6.07) is 8.86. The Morgan fingerprint density at radius 3 is 2.42 bits per heavy atom. The summed E-state index contributed by atoms with van der Waals surface area (Å²) in [4.78, 5) is 0. The highest BCUT2D eigenvalue weighted by molar-refractivity contribution is 5.86. The van der Waals surface area contributed by atoms with E-state index in [0.717, 1.165) is 24.2 Å². The number of fused-ring (bicyclic) bond motifs is 1. The van der Waals surface area contributed by atoms with Crippen LogP contribution in [-0.4, -0.2) is 23.3 Å². The number of hydrogen-bond donors (Lipinski definition) is 1. The van der Waals surface area contributed by atoms with Crippen molar-refractivity contribution in [1.29, 1.82) is 0 Å². The minimum absolute atomic E-state index is 0.459. The molecule has 0 radical (unpaired) electrons. The highest BCUT2D eigenvalue weighted by Gasteiger charge is 2.13. The van der Waals surface area contributed by atoms with E-state index in [4.69, 9.17) is 0 Å². The van der Waals surface area contributed by atoms with Crippen LogP contribution in [0.4, 0.5) is 0 Å². The maximum Gasteiger partial charge on any atom is 0.0725 e. The van der Waals surface area contributed by atoms with Crippen molar-refractivity contribution in [1.82, 2.24) is 15.5 Å². The Morgan fingerprint density at radius 2 is 1.79 bits per heavy atom. The minimum atomic E-state index is 0.459. The molecule has 0 spiro atoms. The third kappa shape index (κ3) is 3.29. The van der Waals surface area contributed by atoms with Crippen molar-refractivity contribution in [2.24, 2.45) is 5.92 Å². The average molecular weight is 257 g/mol.